The molecule has 0 aromatic heterocycles. The molecule has 5 heteroatoms. The van der Waals surface area contributed by atoms with E-state index in [-0.39, 0.29) is 0 Å². The topological polar surface area (TPSA) is 36.9 Å². The molecule has 1 aliphatic heterocycles. The van der Waals surface area contributed by atoms with Gasteiger partial charge in [-0.2, -0.15) is 0 Å². The predicted molar refractivity (Wildman–Crippen MR) is 56.1 cm³/mol. The Bertz CT molecular complexity index is 338. The van der Waals surface area contributed by atoms with Gasteiger partial charge in [-0.25, -0.2) is 0 Å². The lowest BCUT2D eigenvalue weighted by atomic mass is 10.2. The zero-order chi connectivity index (χ0) is 10.7. The van der Waals surface area contributed by atoms with Crippen LogP contribution in [0.3, 0.4) is 0 Å². The molecule has 4 nitrogen and oxygen atoms in total. The van der Waals surface area contributed by atoms with Crippen LogP contribution in [0.1, 0.15) is 5.56 Å². The highest BCUT2D eigenvalue weighted by atomic mass is 28.3. The molecule has 0 aliphatic carbocycles. The molecule has 15 heavy (non-hydrogen) atoms. The van der Waals surface area contributed by atoms with Crippen molar-refractivity contribution in [1.82, 2.24) is 0 Å². The van der Waals surface area contributed by atoms with Gasteiger partial charge in [-0.3, -0.25) is 0 Å². The van der Waals surface area contributed by atoms with E-state index in [4.69, 9.17) is 18.3 Å². The van der Waals surface area contributed by atoms with E-state index in [0.717, 1.165) is 16.5 Å². The smallest absolute Gasteiger partial charge is 0.423 e. The molecule has 0 N–H and O–H groups in total. The molecule has 1 radical (unpaired) electrons. The highest BCUT2D eigenvalue weighted by Gasteiger charge is 2.19. The maximum absolute atomic E-state index is 5.33. The summed E-state index contributed by atoms with van der Waals surface area (Å²) in [6, 6.07) is 5.94. The Hall–Kier alpha value is -0.883. The van der Waals surface area contributed by atoms with E-state index in [1.165, 1.54) is 0 Å². The SMILES string of the molecule is CO[Si](OC)c1ccc2c(c1)COCO2. The predicted octanol–water partition coefficient (Wildman–Crippen LogP) is 0.541. The normalized spacial score (nSPS) is 14.9. The highest BCUT2D eigenvalue weighted by molar-refractivity contribution is 6.61. The number of fused-ring (bicyclic) bond motifs is 1. The Balaban J connectivity index is 2.27. The van der Waals surface area contributed by atoms with Crippen LogP contribution >= 0.6 is 0 Å². The van der Waals surface area contributed by atoms with Gasteiger partial charge in [-0.1, -0.05) is 6.07 Å². The summed E-state index contributed by atoms with van der Waals surface area (Å²) < 4.78 is 21.1. The first-order chi connectivity index (χ1) is 7.35. The molecule has 0 fully saturated rings. The van der Waals surface area contributed by atoms with Crippen LogP contribution in [0.5, 0.6) is 5.75 Å². The monoisotopic (exact) mass is 225 g/mol. The van der Waals surface area contributed by atoms with Crippen molar-refractivity contribution in [2.45, 2.75) is 6.61 Å². The van der Waals surface area contributed by atoms with Crippen molar-refractivity contribution in [3.8, 4) is 5.75 Å². The molecule has 1 heterocycles. The lowest BCUT2D eigenvalue weighted by molar-refractivity contribution is -0.0163. The fraction of sp³-hybridized carbons (Fsp3) is 0.400. The molecule has 2 rings (SSSR count). The molecule has 0 saturated carbocycles. The quantitative estimate of drug-likeness (QED) is 0.704. The number of hydrogen-bond donors (Lipinski definition) is 0. The molecule has 0 spiro atoms. The fourth-order valence-corrected chi connectivity index (χ4v) is 2.69. The standard InChI is InChI=1S/C10H13O4Si/c1-11-15(12-2)9-3-4-10-8(5-9)6-13-7-14-10/h3-5H,6-7H2,1-2H3. The summed E-state index contributed by atoms with van der Waals surface area (Å²) in [5.41, 5.74) is 1.05. The fourth-order valence-electron chi connectivity index (χ4n) is 1.54. The third kappa shape index (κ3) is 2.20. The minimum absolute atomic E-state index is 0.332. The number of hydrogen-bond acceptors (Lipinski definition) is 4. The molecule has 1 aromatic carbocycles. The van der Waals surface area contributed by atoms with Crippen LogP contribution in [0.15, 0.2) is 18.2 Å². The molecule has 0 bridgehead atoms. The zero-order valence-corrected chi connectivity index (χ0v) is 9.78. The van der Waals surface area contributed by atoms with Gasteiger partial charge in [-0.15, -0.1) is 0 Å². The maximum atomic E-state index is 5.33. The number of ether oxygens (including phenoxy) is 2. The molecule has 1 aliphatic rings. The van der Waals surface area contributed by atoms with Crippen molar-refractivity contribution in [3.05, 3.63) is 23.8 Å². The third-order valence-corrected chi connectivity index (χ3v) is 3.75. The summed E-state index contributed by atoms with van der Waals surface area (Å²) in [7, 11) is 1.97. The largest absolute Gasteiger partial charge is 0.467 e. The second-order valence-corrected chi connectivity index (χ2v) is 5.10. The first-order valence-corrected chi connectivity index (χ1v) is 5.95. The summed E-state index contributed by atoms with van der Waals surface area (Å²) in [4.78, 5) is 0. The minimum Gasteiger partial charge on any atom is -0.467 e. The molecule has 0 saturated heterocycles. The van der Waals surface area contributed by atoms with Crippen LogP contribution in [-0.2, 0) is 20.2 Å². The van der Waals surface area contributed by atoms with Gasteiger partial charge in [0.05, 0.1) is 6.61 Å². The first-order valence-electron chi connectivity index (χ1n) is 4.64. The summed E-state index contributed by atoms with van der Waals surface area (Å²) in [5, 5.41) is 1.07. The lowest BCUT2D eigenvalue weighted by Gasteiger charge is -2.19. The van der Waals surface area contributed by atoms with Gasteiger partial charge >= 0.3 is 9.28 Å². The molecular formula is C10H13O4Si. The van der Waals surface area contributed by atoms with E-state index >= 15 is 0 Å². The van der Waals surface area contributed by atoms with E-state index in [1.807, 2.05) is 18.2 Å². The van der Waals surface area contributed by atoms with Crippen molar-refractivity contribution >= 4 is 14.5 Å². The Morgan fingerprint density at radius 3 is 2.80 bits per heavy atom. The molecule has 0 atom stereocenters. The minimum atomic E-state index is -1.34. The van der Waals surface area contributed by atoms with Crippen molar-refractivity contribution in [2.75, 3.05) is 21.0 Å². The van der Waals surface area contributed by atoms with Crippen molar-refractivity contribution in [2.24, 2.45) is 0 Å². The second kappa shape index (κ2) is 4.76. The van der Waals surface area contributed by atoms with Gasteiger partial charge in [0.25, 0.3) is 0 Å². The Kier molecular flexibility index (Phi) is 3.37. The summed E-state index contributed by atoms with van der Waals surface area (Å²) in [5.74, 6) is 0.888. The van der Waals surface area contributed by atoms with E-state index in [1.54, 1.807) is 14.2 Å². The second-order valence-electron chi connectivity index (χ2n) is 3.13. The van der Waals surface area contributed by atoms with Crippen molar-refractivity contribution < 1.29 is 18.3 Å². The van der Waals surface area contributed by atoms with Crippen LogP contribution in [0.2, 0.25) is 0 Å². The van der Waals surface area contributed by atoms with Gasteiger partial charge in [-0.05, 0) is 17.3 Å². The Morgan fingerprint density at radius 1 is 1.27 bits per heavy atom. The van der Waals surface area contributed by atoms with Crippen LogP contribution < -0.4 is 9.92 Å². The van der Waals surface area contributed by atoms with Crippen LogP contribution in [0.4, 0.5) is 0 Å². The Labute approximate surface area is 90.6 Å². The summed E-state index contributed by atoms with van der Waals surface area (Å²) in [6.45, 7) is 0.921. The molecule has 0 unspecified atom stereocenters. The molecular weight excluding hydrogens is 212 g/mol. The Morgan fingerprint density at radius 2 is 2.07 bits per heavy atom. The van der Waals surface area contributed by atoms with E-state index in [2.05, 4.69) is 0 Å². The van der Waals surface area contributed by atoms with Crippen LogP contribution in [0, 0.1) is 0 Å². The molecule has 81 valence electrons. The van der Waals surface area contributed by atoms with Gasteiger partial charge in [0, 0.05) is 19.8 Å². The van der Waals surface area contributed by atoms with Gasteiger partial charge in [0.1, 0.15) is 5.75 Å². The molecule has 1 aromatic rings. The highest BCUT2D eigenvalue weighted by Crippen LogP contribution is 2.21. The van der Waals surface area contributed by atoms with Crippen LogP contribution in [0.25, 0.3) is 0 Å². The average Bonchev–Trinajstić information content (AvgIpc) is 2.30. The molecule has 0 amide bonds. The zero-order valence-electron chi connectivity index (χ0n) is 8.78. The first kappa shape index (κ1) is 10.6. The van der Waals surface area contributed by atoms with E-state index in [0.29, 0.717) is 13.4 Å². The van der Waals surface area contributed by atoms with Crippen molar-refractivity contribution in [1.29, 1.82) is 0 Å². The van der Waals surface area contributed by atoms with Gasteiger partial charge in [0.2, 0.25) is 0 Å². The van der Waals surface area contributed by atoms with E-state index < -0.39 is 9.28 Å². The van der Waals surface area contributed by atoms with E-state index in [9.17, 15) is 0 Å². The lowest BCUT2D eigenvalue weighted by Crippen LogP contribution is -2.35. The summed E-state index contributed by atoms with van der Waals surface area (Å²) in [6.07, 6.45) is 0. The van der Waals surface area contributed by atoms with Gasteiger partial charge < -0.3 is 18.3 Å². The van der Waals surface area contributed by atoms with Gasteiger partial charge in [0.15, 0.2) is 6.79 Å². The maximum Gasteiger partial charge on any atom is 0.423 e. The number of benzene rings is 1. The average molecular weight is 225 g/mol. The third-order valence-electron chi connectivity index (χ3n) is 2.22. The van der Waals surface area contributed by atoms with Crippen molar-refractivity contribution in [3.63, 3.8) is 0 Å². The summed E-state index contributed by atoms with van der Waals surface area (Å²) >= 11 is 0. The van der Waals surface area contributed by atoms with Crippen LogP contribution in [-0.4, -0.2) is 30.3 Å². The number of rotatable bonds is 3.